The third kappa shape index (κ3) is 3.33. The molecular weight excluding hydrogens is 233 g/mol. The summed E-state index contributed by atoms with van der Waals surface area (Å²) >= 11 is 0. The number of aromatic amines is 1. The molecular formula is C11H14F3N2O+. The van der Waals surface area contributed by atoms with Crippen molar-refractivity contribution in [2.24, 2.45) is 0 Å². The summed E-state index contributed by atoms with van der Waals surface area (Å²) in [5.74, 6) is 0.563. The van der Waals surface area contributed by atoms with Crippen LogP contribution in [0.25, 0.3) is 0 Å². The normalized spacial score (nSPS) is 20.5. The summed E-state index contributed by atoms with van der Waals surface area (Å²) < 4.78 is 42.3. The van der Waals surface area contributed by atoms with Gasteiger partial charge in [-0.15, -0.1) is 0 Å². The van der Waals surface area contributed by atoms with Crippen LogP contribution in [0.4, 0.5) is 19.0 Å². The second-order valence-electron chi connectivity index (χ2n) is 4.00. The second-order valence-corrected chi connectivity index (χ2v) is 4.00. The highest BCUT2D eigenvalue weighted by molar-refractivity contribution is 5.29. The molecule has 2 rings (SSSR count). The molecule has 1 fully saturated rings. The van der Waals surface area contributed by atoms with E-state index in [1.165, 1.54) is 6.07 Å². The Labute approximate surface area is 97.0 Å². The van der Waals surface area contributed by atoms with Gasteiger partial charge in [-0.2, -0.15) is 13.2 Å². The molecule has 0 saturated carbocycles. The maximum Gasteiger partial charge on any atom is 0.419 e. The first kappa shape index (κ1) is 12.2. The number of nitrogens with one attached hydrogen (secondary N) is 2. The summed E-state index contributed by atoms with van der Waals surface area (Å²) in [4.78, 5) is 2.58. The molecule has 2 N–H and O–H groups in total. The van der Waals surface area contributed by atoms with Crippen molar-refractivity contribution in [3.63, 3.8) is 0 Å². The highest BCUT2D eigenvalue weighted by atomic mass is 19.4. The minimum atomic E-state index is -4.30. The molecule has 1 aliphatic rings. The van der Waals surface area contributed by atoms with E-state index in [9.17, 15) is 13.2 Å². The molecule has 1 aromatic rings. The van der Waals surface area contributed by atoms with E-state index in [2.05, 4.69) is 10.3 Å². The van der Waals surface area contributed by atoms with E-state index in [1.807, 2.05) is 0 Å². The number of rotatable bonds is 3. The smallest absolute Gasteiger partial charge is 0.374 e. The second kappa shape index (κ2) is 4.91. The maximum absolute atomic E-state index is 12.3. The number of aromatic nitrogens is 1. The van der Waals surface area contributed by atoms with Gasteiger partial charge in [0.2, 0.25) is 0 Å². The predicted octanol–water partition coefficient (Wildman–Crippen LogP) is 2.11. The topological polar surface area (TPSA) is 35.4 Å². The van der Waals surface area contributed by atoms with Crippen LogP contribution in [0, 0.1) is 0 Å². The van der Waals surface area contributed by atoms with Crippen LogP contribution in [0.3, 0.4) is 0 Å². The minimum Gasteiger partial charge on any atom is -0.374 e. The summed E-state index contributed by atoms with van der Waals surface area (Å²) in [5, 5.41) is 3.02. The maximum atomic E-state index is 12.3. The summed E-state index contributed by atoms with van der Waals surface area (Å²) in [5.41, 5.74) is -0.680. The number of hydrogen-bond acceptors (Lipinski definition) is 2. The van der Waals surface area contributed by atoms with Gasteiger partial charge in [-0.1, -0.05) is 0 Å². The van der Waals surface area contributed by atoms with Gasteiger partial charge in [0, 0.05) is 12.7 Å². The summed E-state index contributed by atoms with van der Waals surface area (Å²) in [7, 11) is 0. The number of halogens is 3. The molecule has 3 nitrogen and oxygen atoms in total. The van der Waals surface area contributed by atoms with Crippen LogP contribution in [0.2, 0.25) is 0 Å². The van der Waals surface area contributed by atoms with Gasteiger partial charge in [-0.05, 0) is 18.9 Å². The number of H-pyrrole nitrogens is 1. The summed E-state index contributed by atoms with van der Waals surface area (Å²) in [6, 6.07) is 2.44. The lowest BCUT2D eigenvalue weighted by molar-refractivity contribution is -0.364. The zero-order chi connectivity index (χ0) is 12.3. The molecule has 94 valence electrons. The third-order valence-electron chi connectivity index (χ3n) is 2.68. The van der Waals surface area contributed by atoms with Crippen molar-refractivity contribution < 1.29 is 22.9 Å². The van der Waals surface area contributed by atoms with Gasteiger partial charge in [0.1, 0.15) is 12.7 Å². The molecule has 1 saturated heterocycles. The highest BCUT2D eigenvalue weighted by Gasteiger charge is 2.31. The first-order valence-corrected chi connectivity index (χ1v) is 5.50. The number of pyridine rings is 1. The number of hydrogen-bond donors (Lipinski definition) is 1. The summed E-state index contributed by atoms with van der Waals surface area (Å²) in [6.45, 7) is 1.38. The van der Waals surface area contributed by atoms with E-state index in [0.29, 0.717) is 12.4 Å². The molecule has 17 heavy (non-hydrogen) atoms. The fourth-order valence-corrected chi connectivity index (χ4v) is 1.74. The Morgan fingerprint density at radius 1 is 1.41 bits per heavy atom. The molecule has 0 radical (unpaired) electrons. The highest BCUT2D eigenvalue weighted by Crippen LogP contribution is 2.28. The Bertz CT molecular complexity index is 358. The number of alkyl halides is 3. The van der Waals surface area contributed by atoms with E-state index in [1.54, 1.807) is 0 Å². The molecule has 1 atom stereocenters. The lowest BCUT2D eigenvalue weighted by Gasteiger charge is -2.07. The Morgan fingerprint density at radius 3 is 2.76 bits per heavy atom. The van der Waals surface area contributed by atoms with Crippen LogP contribution < -0.4 is 10.3 Å². The average molecular weight is 247 g/mol. The van der Waals surface area contributed by atoms with Gasteiger partial charge in [0.05, 0.1) is 11.7 Å². The van der Waals surface area contributed by atoms with Crippen molar-refractivity contribution in [1.29, 1.82) is 0 Å². The molecule has 0 bridgehead atoms. The fourth-order valence-electron chi connectivity index (χ4n) is 1.74. The lowest BCUT2D eigenvalue weighted by Crippen LogP contribution is -2.23. The van der Waals surface area contributed by atoms with E-state index < -0.39 is 11.7 Å². The lowest BCUT2D eigenvalue weighted by atomic mass is 10.2. The van der Waals surface area contributed by atoms with Gasteiger partial charge in [0.25, 0.3) is 5.82 Å². The molecule has 6 heteroatoms. The number of ether oxygens (including phenoxy) is 1. The molecule has 0 unspecified atom stereocenters. The van der Waals surface area contributed by atoms with Gasteiger partial charge in [-0.3, -0.25) is 5.32 Å². The number of anilines is 1. The van der Waals surface area contributed by atoms with Crippen LogP contribution in [0.5, 0.6) is 0 Å². The molecule has 2 heterocycles. The molecule has 1 aliphatic heterocycles. The van der Waals surface area contributed by atoms with Crippen molar-refractivity contribution in [3.8, 4) is 0 Å². The average Bonchev–Trinajstić information content (AvgIpc) is 2.78. The van der Waals surface area contributed by atoms with Crippen LogP contribution >= 0.6 is 0 Å². The van der Waals surface area contributed by atoms with Crippen LogP contribution in [-0.2, 0) is 10.9 Å². The summed E-state index contributed by atoms with van der Waals surface area (Å²) in [6.07, 6.45) is -1.15. The Hall–Kier alpha value is -1.30. The van der Waals surface area contributed by atoms with Crippen LogP contribution in [0.1, 0.15) is 18.4 Å². The van der Waals surface area contributed by atoms with E-state index in [-0.39, 0.29) is 6.10 Å². The molecule has 0 amide bonds. The zero-order valence-corrected chi connectivity index (χ0v) is 9.18. The van der Waals surface area contributed by atoms with Gasteiger partial charge in [0.15, 0.2) is 0 Å². The van der Waals surface area contributed by atoms with Crippen LogP contribution in [0.15, 0.2) is 18.3 Å². The van der Waals surface area contributed by atoms with Crippen molar-refractivity contribution >= 4 is 5.82 Å². The van der Waals surface area contributed by atoms with Crippen molar-refractivity contribution in [3.05, 3.63) is 23.9 Å². The van der Waals surface area contributed by atoms with Gasteiger partial charge in [-0.25, -0.2) is 4.98 Å². The third-order valence-corrected chi connectivity index (χ3v) is 2.68. The first-order chi connectivity index (χ1) is 8.05. The first-order valence-electron chi connectivity index (χ1n) is 5.50. The van der Waals surface area contributed by atoms with Crippen molar-refractivity contribution in [2.45, 2.75) is 25.1 Å². The fraction of sp³-hybridized carbons (Fsp3) is 0.545. The van der Waals surface area contributed by atoms with E-state index in [0.717, 1.165) is 31.7 Å². The standard InChI is InChI=1S/C11H13F3N2O/c12-11(13,14)8-3-4-10(15-6-8)16-7-9-2-1-5-17-9/h3-4,6,9H,1-2,5,7H2,(H,15,16)/p+1/t9-/m1/s1. The van der Waals surface area contributed by atoms with Gasteiger partial charge < -0.3 is 4.74 Å². The van der Waals surface area contributed by atoms with E-state index in [4.69, 9.17) is 4.74 Å². The molecule has 0 aromatic carbocycles. The largest absolute Gasteiger partial charge is 0.419 e. The Morgan fingerprint density at radius 2 is 2.24 bits per heavy atom. The van der Waals surface area contributed by atoms with E-state index >= 15 is 0 Å². The molecule has 0 spiro atoms. The van der Waals surface area contributed by atoms with Crippen molar-refractivity contribution in [1.82, 2.24) is 0 Å². The van der Waals surface area contributed by atoms with Gasteiger partial charge >= 0.3 is 6.18 Å². The SMILES string of the molecule is FC(F)(F)c1ccc(NC[C@H]2CCCO2)[nH+]c1. The Kier molecular flexibility index (Phi) is 3.51. The van der Waals surface area contributed by atoms with Crippen molar-refractivity contribution in [2.75, 3.05) is 18.5 Å². The van der Waals surface area contributed by atoms with Crippen LogP contribution in [-0.4, -0.2) is 19.3 Å². The monoisotopic (exact) mass is 247 g/mol. The predicted molar refractivity (Wildman–Crippen MR) is 55.5 cm³/mol. The molecule has 0 aliphatic carbocycles. The quantitative estimate of drug-likeness (QED) is 0.887. The minimum absolute atomic E-state index is 0.158. The molecule has 1 aromatic heterocycles. The zero-order valence-electron chi connectivity index (χ0n) is 9.18. The Balaban J connectivity index is 1.89.